The van der Waals surface area contributed by atoms with Crippen LogP contribution in [0.5, 0.6) is 0 Å². The largest absolute Gasteiger partial charge is 0.311 e. The van der Waals surface area contributed by atoms with E-state index >= 15 is 0 Å². The predicted molar refractivity (Wildman–Crippen MR) is 80.0 cm³/mol. The highest BCUT2D eigenvalue weighted by Gasteiger charge is 2.63. The van der Waals surface area contributed by atoms with Crippen molar-refractivity contribution < 1.29 is 0 Å². The van der Waals surface area contributed by atoms with E-state index in [2.05, 4.69) is 68.9 Å². The number of rotatable bonds is 6. The highest BCUT2D eigenvalue weighted by atomic mass is 15.3. The fraction of sp³-hybridized carbons (Fsp3) is 0.812. The smallest absolute Gasteiger partial charge is 0.0762 e. The first-order chi connectivity index (χ1) is 8.80. The fourth-order valence-electron chi connectivity index (χ4n) is 3.09. The zero-order chi connectivity index (χ0) is 14.3. The minimum Gasteiger partial charge on any atom is -0.311 e. The lowest BCUT2D eigenvalue weighted by Crippen LogP contribution is -2.19. The summed E-state index contributed by atoms with van der Waals surface area (Å²) in [5.41, 5.74) is 2.09. The SMILES string of the molecule is CCC(C)n1ccc(CNCC2C(C)(C)C2(C)C)n1. The van der Waals surface area contributed by atoms with Gasteiger partial charge in [0.25, 0.3) is 0 Å². The first-order valence-corrected chi connectivity index (χ1v) is 7.55. The van der Waals surface area contributed by atoms with Gasteiger partial charge in [-0.2, -0.15) is 5.10 Å². The van der Waals surface area contributed by atoms with Crippen molar-refractivity contribution in [1.29, 1.82) is 0 Å². The van der Waals surface area contributed by atoms with Gasteiger partial charge in [-0.05, 0) is 42.7 Å². The third-order valence-electron chi connectivity index (χ3n) is 5.68. The van der Waals surface area contributed by atoms with Crippen LogP contribution in [0.15, 0.2) is 12.3 Å². The Kier molecular flexibility index (Phi) is 3.78. The van der Waals surface area contributed by atoms with Crippen LogP contribution in [0.4, 0.5) is 0 Å². The van der Waals surface area contributed by atoms with Crippen molar-refractivity contribution in [1.82, 2.24) is 15.1 Å². The topological polar surface area (TPSA) is 29.9 Å². The summed E-state index contributed by atoms with van der Waals surface area (Å²) in [5.74, 6) is 0.775. The van der Waals surface area contributed by atoms with E-state index < -0.39 is 0 Å². The minimum atomic E-state index is 0.468. The Morgan fingerprint density at radius 1 is 1.32 bits per heavy atom. The molecule has 1 unspecified atom stereocenters. The summed E-state index contributed by atoms with van der Waals surface area (Å²) < 4.78 is 2.07. The van der Waals surface area contributed by atoms with Gasteiger partial charge in [0.1, 0.15) is 0 Å². The molecule has 0 bridgehead atoms. The van der Waals surface area contributed by atoms with E-state index in [0.717, 1.165) is 31.1 Å². The number of nitrogens with one attached hydrogen (secondary N) is 1. The lowest BCUT2D eigenvalue weighted by Gasteiger charge is -2.08. The van der Waals surface area contributed by atoms with E-state index in [1.54, 1.807) is 0 Å². The maximum atomic E-state index is 4.63. The minimum absolute atomic E-state index is 0.468. The molecule has 1 aliphatic carbocycles. The summed E-state index contributed by atoms with van der Waals surface area (Å²) in [6, 6.07) is 2.62. The van der Waals surface area contributed by atoms with E-state index in [-0.39, 0.29) is 0 Å². The summed E-state index contributed by atoms with van der Waals surface area (Å²) in [5, 5.41) is 8.19. The van der Waals surface area contributed by atoms with E-state index in [0.29, 0.717) is 16.9 Å². The second-order valence-corrected chi connectivity index (χ2v) is 7.17. The van der Waals surface area contributed by atoms with Gasteiger partial charge in [-0.1, -0.05) is 34.6 Å². The first kappa shape index (κ1) is 14.6. The molecule has 0 aliphatic heterocycles. The van der Waals surface area contributed by atoms with Crippen LogP contribution in [0.3, 0.4) is 0 Å². The summed E-state index contributed by atoms with van der Waals surface area (Å²) in [6.45, 7) is 15.9. The molecule has 1 N–H and O–H groups in total. The van der Waals surface area contributed by atoms with Crippen LogP contribution in [-0.4, -0.2) is 16.3 Å². The average Bonchev–Trinajstić information content (AvgIpc) is 2.76. The van der Waals surface area contributed by atoms with E-state index in [1.807, 2.05) is 0 Å². The van der Waals surface area contributed by atoms with Crippen molar-refractivity contribution >= 4 is 0 Å². The molecule has 1 atom stereocenters. The average molecular weight is 263 g/mol. The molecule has 0 aromatic carbocycles. The number of hydrogen-bond acceptors (Lipinski definition) is 2. The number of nitrogens with zero attached hydrogens (tertiary/aromatic N) is 2. The normalized spacial score (nSPS) is 22.4. The van der Waals surface area contributed by atoms with Gasteiger partial charge in [0.05, 0.1) is 5.69 Å². The quantitative estimate of drug-likeness (QED) is 0.849. The molecule has 1 aromatic heterocycles. The van der Waals surface area contributed by atoms with Gasteiger partial charge in [-0.15, -0.1) is 0 Å². The van der Waals surface area contributed by atoms with Gasteiger partial charge in [-0.25, -0.2) is 0 Å². The maximum absolute atomic E-state index is 4.63. The van der Waals surface area contributed by atoms with Gasteiger partial charge < -0.3 is 5.32 Å². The number of aromatic nitrogens is 2. The van der Waals surface area contributed by atoms with Crippen molar-refractivity contribution in [3.8, 4) is 0 Å². The van der Waals surface area contributed by atoms with Gasteiger partial charge in [0, 0.05) is 18.8 Å². The Hall–Kier alpha value is -0.830. The van der Waals surface area contributed by atoms with Crippen LogP contribution < -0.4 is 5.32 Å². The Balaban J connectivity index is 1.80. The summed E-state index contributed by atoms with van der Waals surface area (Å²) in [7, 11) is 0. The monoisotopic (exact) mass is 263 g/mol. The molecular weight excluding hydrogens is 234 g/mol. The Morgan fingerprint density at radius 3 is 2.47 bits per heavy atom. The molecule has 0 spiro atoms. The summed E-state index contributed by atoms with van der Waals surface area (Å²) in [6.07, 6.45) is 3.22. The molecule has 1 fully saturated rings. The van der Waals surface area contributed by atoms with Crippen LogP contribution in [-0.2, 0) is 6.54 Å². The predicted octanol–water partition coefficient (Wildman–Crippen LogP) is 3.63. The highest BCUT2D eigenvalue weighted by molar-refractivity contribution is 5.13. The van der Waals surface area contributed by atoms with E-state index in [9.17, 15) is 0 Å². The molecule has 3 nitrogen and oxygen atoms in total. The number of hydrogen-bond donors (Lipinski definition) is 1. The van der Waals surface area contributed by atoms with Crippen molar-refractivity contribution in [3.05, 3.63) is 18.0 Å². The second-order valence-electron chi connectivity index (χ2n) is 7.17. The molecular formula is C16H29N3. The van der Waals surface area contributed by atoms with Crippen LogP contribution >= 0.6 is 0 Å². The van der Waals surface area contributed by atoms with Crippen LogP contribution in [0.2, 0.25) is 0 Å². The van der Waals surface area contributed by atoms with Crippen LogP contribution in [0.25, 0.3) is 0 Å². The lowest BCUT2D eigenvalue weighted by atomic mass is 10.0. The van der Waals surface area contributed by atoms with Gasteiger partial charge in [-0.3, -0.25) is 4.68 Å². The second kappa shape index (κ2) is 4.93. The first-order valence-electron chi connectivity index (χ1n) is 7.55. The Labute approximate surface area is 117 Å². The molecule has 19 heavy (non-hydrogen) atoms. The maximum Gasteiger partial charge on any atom is 0.0762 e. The fourth-order valence-corrected chi connectivity index (χ4v) is 3.09. The third kappa shape index (κ3) is 2.58. The zero-order valence-corrected chi connectivity index (χ0v) is 13.3. The van der Waals surface area contributed by atoms with Gasteiger partial charge in [0.2, 0.25) is 0 Å². The van der Waals surface area contributed by atoms with E-state index in [4.69, 9.17) is 0 Å². The van der Waals surface area contributed by atoms with Crippen molar-refractivity contribution in [2.45, 2.75) is 60.5 Å². The van der Waals surface area contributed by atoms with Gasteiger partial charge in [0.15, 0.2) is 0 Å². The highest BCUT2D eigenvalue weighted by Crippen LogP contribution is 2.67. The molecule has 0 amide bonds. The van der Waals surface area contributed by atoms with Crippen molar-refractivity contribution in [3.63, 3.8) is 0 Å². The van der Waals surface area contributed by atoms with Crippen molar-refractivity contribution in [2.75, 3.05) is 6.54 Å². The molecule has 1 aliphatic rings. The Bertz CT molecular complexity index is 417. The molecule has 0 saturated heterocycles. The third-order valence-corrected chi connectivity index (χ3v) is 5.68. The van der Waals surface area contributed by atoms with Gasteiger partial charge >= 0.3 is 0 Å². The Morgan fingerprint density at radius 2 is 1.95 bits per heavy atom. The van der Waals surface area contributed by atoms with Crippen molar-refractivity contribution in [2.24, 2.45) is 16.7 Å². The molecule has 2 rings (SSSR count). The standard InChI is InChI=1S/C16H29N3/c1-7-12(2)19-9-8-13(18-19)10-17-11-14-15(3,4)16(14,5)6/h8-9,12,14,17H,7,10-11H2,1-6H3. The molecule has 108 valence electrons. The molecule has 0 radical (unpaired) electrons. The molecule has 1 aromatic rings. The van der Waals surface area contributed by atoms with E-state index in [1.165, 1.54) is 0 Å². The molecule has 1 saturated carbocycles. The van der Waals surface area contributed by atoms with Crippen LogP contribution in [0.1, 0.15) is 59.7 Å². The van der Waals surface area contributed by atoms with Crippen LogP contribution in [0, 0.1) is 16.7 Å². The zero-order valence-electron chi connectivity index (χ0n) is 13.3. The summed E-state index contributed by atoms with van der Waals surface area (Å²) in [4.78, 5) is 0. The molecule has 1 heterocycles. The summed E-state index contributed by atoms with van der Waals surface area (Å²) >= 11 is 0. The lowest BCUT2D eigenvalue weighted by molar-refractivity contribution is 0.457. The molecule has 3 heteroatoms.